The fourth-order valence-electron chi connectivity index (χ4n) is 2.60. The number of benzene rings is 2. The third-order valence-corrected chi connectivity index (χ3v) is 6.06. The van der Waals surface area contributed by atoms with Crippen molar-refractivity contribution < 1.29 is 27.6 Å². The summed E-state index contributed by atoms with van der Waals surface area (Å²) < 4.78 is 38.9. The van der Waals surface area contributed by atoms with Gasteiger partial charge in [0, 0.05) is 16.0 Å². The van der Waals surface area contributed by atoms with E-state index in [4.69, 9.17) is 9.84 Å². The first kappa shape index (κ1) is 20.0. The highest BCUT2D eigenvalue weighted by atomic mass is 32.2. The predicted molar refractivity (Wildman–Crippen MR) is 105 cm³/mol. The molecule has 146 valence electrons. The van der Waals surface area contributed by atoms with E-state index in [1.165, 1.54) is 23.5 Å². The molecule has 7 nitrogen and oxygen atoms in total. The molecule has 0 saturated heterocycles. The van der Waals surface area contributed by atoms with Gasteiger partial charge in [0.2, 0.25) is 0 Å². The zero-order chi connectivity index (χ0) is 20.5. The Morgan fingerprint density at radius 1 is 1.14 bits per heavy atom. The lowest BCUT2D eigenvalue weighted by Crippen LogP contribution is -2.09. The van der Waals surface area contributed by atoms with Crippen molar-refractivity contribution in [3.05, 3.63) is 53.0 Å². The minimum absolute atomic E-state index is 0.258. The van der Waals surface area contributed by atoms with E-state index in [1.54, 1.807) is 30.3 Å². The van der Waals surface area contributed by atoms with Crippen LogP contribution in [0, 0.1) is 13.8 Å². The molecule has 0 aliphatic rings. The molecule has 0 atom stereocenters. The first-order valence-corrected chi connectivity index (χ1v) is 10.4. The molecular weight excluding hydrogens is 402 g/mol. The molecule has 0 aliphatic carbocycles. The van der Waals surface area contributed by atoms with Crippen LogP contribution in [0.15, 0.2) is 47.4 Å². The van der Waals surface area contributed by atoms with Gasteiger partial charge in [-0.25, -0.2) is 9.78 Å². The number of hydrogen-bond acceptors (Lipinski definition) is 6. The largest absolute Gasteiger partial charge is 0.482 e. The second-order valence-electron chi connectivity index (χ2n) is 6.06. The van der Waals surface area contributed by atoms with Gasteiger partial charge in [-0.15, -0.1) is 11.3 Å². The molecule has 2 aromatic carbocycles. The summed E-state index contributed by atoms with van der Waals surface area (Å²) in [6, 6.07) is 11.0. The highest BCUT2D eigenvalue weighted by Gasteiger charge is 2.19. The molecule has 0 aliphatic heterocycles. The number of aromatic nitrogens is 1. The summed E-state index contributed by atoms with van der Waals surface area (Å²) in [5.74, 6) is -0.848. The Hall–Kier alpha value is -2.75. The Kier molecular flexibility index (Phi) is 5.50. The molecule has 0 amide bonds. The summed E-state index contributed by atoms with van der Waals surface area (Å²) in [7, 11) is -4.51. The predicted octanol–water partition coefficient (Wildman–Crippen LogP) is 3.80. The molecular formula is C19H17NO6S2. The van der Waals surface area contributed by atoms with Crippen molar-refractivity contribution in [1.82, 2.24) is 4.98 Å². The Labute approximate surface area is 166 Å². The summed E-state index contributed by atoms with van der Waals surface area (Å²) in [4.78, 5) is 15.9. The maximum absolute atomic E-state index is 12.0. The van der Waals surface area contributed by atoms with Crippen molar-refractivity contribution in [3.8, 4) is 27.4 Å². The average Bonchev–Trinajstić information content (AvgIpc) is 2.98. The molecule has 3 rings (SSSR count). The van der Waals surface area contributed by atoms with Crippen molar-refractivity contribution in [3.63, 3.8) is 0 Å². The van der Waals surface area contributed by atoms with E-state index in [9.17, 15) is 17.8 Å². The van der Waals surface area contributed by atoms with E-state index in [-0.39, 0.29) is 16.2 Å². The molecule has 1 aromatic heterocycles. The van der Waals surface area contributed by atoms with Crippen molar-refractivity contribution in [2.45, 2.75) is 18.7 Å². The summed E-state index contributed by atoms with van der Waals surface area (Å²) in [6.07, 6.45) is 0. The van der Waals surface area contributed by atoms with Crippen molar-refractivity contribution >= 4 is 27.4 Å². The average molecular weight is 419 g/mol. The van der Waals surface area contributed by atoms with Crippen LogP contribution in [0.3, 0.4) is 0 Å². The number of nitrogens with zero attached hydrogens (tertiary/aromatic N) is 1. The Bertz CT molecular complexity index is 1130. The molecule has 0 saturated carbocycles. The van der Waals surface area contributed by atoms with Crippen molar-refractivity contribution in [2.75, 3.05) is 6.61 Å². The summed E-state index contributed by atoms with van der Waals surface area (Å²) >= 11 is 1.44. The number of rotatable bonds is 6. The van der Waals surface area contributed by atoms with Crippen LogP contribution in [0.25, 0.3) is 21.7 Å². The van der Waals surface area contributed by atoms with E-state index < -0.39 is 22.7 Å². The van der Waals surface area contributed by atoms with Crippen molar-refractivity contribution in [2.24, 2.45) is 0 Å². The molecule has 0 bridgehead atoms. The second-order valence-corrected chi connectivity index (χ2v) is 8.65. The standard InChI is InChI=1S/C19H17NO6S2/c1-11-12(2)27-19(20-11)14-6-7-16(17(9-14)28(23,24)25)13-4-3-5-15(8-13)26-10-18(21)22/h3-9H,10H2,1-2H3,(H,21,22)(H,23,24,25). The van der Waals surface area contributed by atoms with E-state index in [2.05, 4.69) is 4.98 Å². The van der Waals surface area contributed by atoms with Gasteiger partial charge in [-0.05, 0) is 37.6 Å². The summed E-state index contributed by atoms with van der Waals surface area (Å²) in [5.41, 5.74) is 2.18. The number of carboxylic acid groups (broad SMARTS) is 1. The Balaban J connectivity index is 2.09. The highest BCUT2D eigenvalue weighted by Crippen LogP contribution is 2.35. The van der Waals surface area contributed by atoms with E-state index >= 15 is 0 Å². The van der Waals surface area contributed by atoms with Crippen LogP contribution in [0.2, 0.25) is 0 Å². The fourth-order valence-corrected chi connectivity index (χ4v) is 4.25. The van der Waals surface area contributed by atoms with Gasteiger partial charge in [0.15, 0.2) is 6.61 Å². The lowest BCUT2D eigenvalue weighted by atomic mass is 10.0. The van der Waals surface area contributed by atoms with Crippen LogP contribution >= 0.6 is 11.3 Å². The van der Waals surface area contributed by atoms with Crippen LogP contribution in [-0.2, 0) is 14.9 Å². The third-order valence-electron chi connectivity index (χ3n) is 4.04. The van der Waals surface area contributed by atoms with Crippen LogP contribution in [-0.4, -0.2) is 35.6 Å². The van der Waals surface area contributed by atoms with E-state index in [0.717, 1.165) is 10.6 Å². The molecule has 28 heavy (non-hydrogen) atoms. The first-order valence-electron chi connectivity index (χ1n) is 8.16. The number of aliphatic carboxylic acids is 1. The molecule has 0 fully saturated rings. The van der Waals surface area contributed by atoms with Gasteiger partial charge in [-0.2, -0.15) is 8.42 Å². The van der Waals surface area contributed by atoms with Gasteiger partial charge in [0.1, 0.15) is 15.7 Å². The molecule has 9 heteroatoms. The van der Waals surface area contributed by atoms with Crippen LogP contribution in [0.5, 0.6) is 5.75 Å². The lowest BCUT2D eigenvalue weighted by Gasteiger charge is -2.11. The Morgan fingerprint density at radius 2 is 1.89 bits per heavy atom. The monoisotopic (exact) mass is 419 g/mol. The number of hydrogen-bond donors (Lipinski definition) is 2. The zero-order valence-corrected chi connectivity index (χ0v) is 16.7. The number of carboxylic acids is 1. The fraction of sp³-hybridized carbons (Fsp3) is 0.158. The maximum Gasteiger partial charge on any atom is 0.341 e. The SMILES string of the molecule is Cc1nc(-c2ccc(-c3cccc(OCC(=O)O)c3)c(S(=O)(=O)O)c2)sc1C. The van der Waals surface area contributed by atoms with Gasteiger partial charge < -0.3 is 9.84 Å². The molecule has 3 aromatic rings. The van der Waals surface area contributed by atoms with E-state index in [0.29, 0.717) is 16.1 Å². The zero-order valence-electron chi connectivity index (χ0n) is 15.0. The number of carbonyl (C=O) groups is 1. The maximum atomic E-state index is 12.0. The van der Waals surface area contributed by atoms with Gasteiger partial charge in [-0.3, -0.25) is 4.55 Å². The minimum atomic E-state index is -4.51. The second kappa shape index (κ2) is 7.70. The van der Waals surface area contributed by atoms with E-state index in [1.807, 2.05) is 13.8 Å². The van der Waals surface area contributed by atoms with Gasteiger partial charge in [0.25, 0.3) is 10.1 Å². The molecule has 0 radical (unpaired) electrons. The highest BCUT2D eigenvalue weighted by molar-refractivity contribution is 7.86. The Morgan fingerprint density at radius 3 is 2.50 bits per heavy atom. The van der Waals surface area contributed by atoms with Crippen LogP contribution in [0.4, 0.5) is 0 Å². The van der Waals surface area contributed by atoms with Crippen LogP contribution in [0.1, 0.15) is 10.6 Å². The number of aryl methyl sites for hydroxylation is 2. The van der Waals surface area contributed by atoms with Gasteiger partial charge in [-0.1, -0.05) is 24.3 Å². The molecule has 0 unspecified atom stereocenters. The van der Waals surface area contributed by atoms with Gasteiger partial charge in [0.05, 0.1) is 5.69 Å². The number of ether oxygens (including phenoxy) is 1. The smallest absolute Gasteiger partial charge is 0.341 e. The molecule has 2 N–H and O–H groups in total. The summed E-state index contributed by atoms with van der Waals surface area (Å²) in [5, 5.41) is 9.39. The molecule has 0 spiro atoms. The minimum Gasteiger partial charge on any atom is -0.482 e. The quantitative estimate of drug-likeness (QED) is 0.584. The molecule has 1 heterocycles. The number of thiazole rings is 1. The summed E-state index contributed by atoms with van der Waals surface area (Å²) in [6.45, 7) is 3.28. The normalized spacial score (nSPS) is 11.4. The van der Waals surface area contributed by atoms with Crippen LogP contribution < -0.4 is 4.74 Å². The third kappa shape index (κ3) is 4.38. The first-order chi connectivity index (χ1) is 13.1. The van der Waals surface area contributed by atoms with Crippen molar-refractivity contribution in [1.29, 1.82) is 0 Å². The topological polar surface area (TPSA) is 114 Å². The van der Waals surface area contributed by atoms with Gasteiger partial charge >= 0.3 is 5.97 Å². The lowest BCUT2D eigenvalue weighted by molar-refractivity contribution is -0.139.